The molecule has 0 unspecified atom stereocenters. The third-order valence-corrected chi connectivity index (χ3v) is 8.83. The molecule has 11 heteroatoms. The van der Waals surface area contributed by atoms with Gasteiger partial charge in [-0.05, 0) is 67.8 Å². The molecule has 33 heavy (non-hydrogen) atoms. The summed E-state index contributed by atoms with van der Waals surface area (Å²) in [7, 11) is -7.35. The second kappa shape index (κ2) is 10.4. The molecule has 0 aliphatic carbocycles. The summed E-state index contributed by atoms with van der Waals surface area (Å²) in [5.74, 6) is -0.524. The van der Waals surface area contributed by atoms with Crippen LogP contribution in [0.5, 0.6) is 0 Å². The molecule has 2 aromatic carbocycles. The monoisotopic (exact) mass is 513 g/mol. The van der Waals surface area contributed by atoms with Gasteiger partial charge < -0.3 is 5.32 Å². The predicted molar refractivity (Wildman–Crippen MR) is 131 cm³/mol. The fraction of sp³-hybridized carbons (Fsp3) is 0.409. The van der Waals surface area contributed by atoms with Crippen LogP contribution < -0.4 is 9.62 Å². The molecule has 0 spiro atoms. The SMILES string of the molecule is CC[C@@H](C(=O)Nc1ccc(S(=O)(=O)N2CCCCC2)cc1)N(c1ccc(Cl)cc1)S(C)(=O)=O. The minimum Gasteiger partial charge on any atom is -0.324 e. The molecule has 0 saturated carbocycles. The van der Waals surface area contributed by atoms with E-state index in [4.69, 9.17) is 11.6 Å². The molecule has 0 aromatic heterocycles. The van der Waals surface area contributed by atoms with E-state index in [1.807, 2.05) is 0 Å². The summed E-state index contributed by atoms with van der Waals surface area (Å²) < 4.78 is 53.2. The average molecular weight is 514 g/mol. The van der Waals surface area contributed by atoms with E-state index < -0.39 is 32.0 Å². The molecule has 0 radical (unpaired) electrons. The quantitative estimate of drug-likeness (QED) is 0.579. The third kappa shape index (κ3) is 6.06. The summed E-state index contributed by atoms with van der Waals surface area (Å²) >= 11 is 5.92. The predicted octanol–water partition coefficient (Wildman–Crippen LogP) is 3.70. The molecule has 2 aromatic rings. The van der Waals surface area contributed by atoms with E-state index in [1.54, 1.807) is 31.2 Å². The Kier molecular flexibility index (Phi) is 8.04. The Morgan fingerprint density at radius 1 is 1.00 bits per heavy atom. The van der Waals surface area contributed by atoms with Crippen molar-refractivity contribution in [3.63, 3.8) is 0 Å². The number of carbonyl (C=O) groups is 1. The van der Waals surface area contributed by atoms with Gasteiger partial charge in [0, 0.05) is 23.8 Å². The molecule has 3 rings (SSSR count). The normalized spacial score (nSPS) is 16.2. The molecule has 1 aliphatic rings. The van der Waals surface area contributed by atoms with Crippen LogP contribution in [0.15, 0.2) is 53.4 Å². The fourth-order valence-electron chi connectivity index (χ4n) is 3.84. The molecule has 1 amide bonds. The standard InChI is InChI=1S/C22H28ClN3O5S2/c1-3-21(26(32(2,28)29)19-11-7-17(23)8-12-19)22(27)24-18-9-13-20(14-10-18)33(30,31)25-15-5-4-6-16-25/h7-14,21H,3-6,15-16H2,1-2H3,(H,24,27)/t21-/m0/s1. The first kappa shape index (κ1) is 25.5. The Morgan fingerprint density at radius 2 is 1.58 bits per heavy atom. The number of carbonyl (C=O) groups excluding carboxylic acids is 1. The van der Waals surface area contributed by atoms with Crippen molar-refractivity contribution < 1.29 is 21.6 Å². The van der Waals surface area contributed by atoms with Gasteiger partial charge >= 0.3 is 0 Å². The first-order valence-electron chi connectivity index (χ1n) is 10.7. The van der Waals surface area contributed by atoms with Crippen LogP contribution >= 0.6 is 11.6 Å². The van der Waals surface area contributed by atoms with E-state index in [2.05, 4.69) is 5.32 Å². The number of nitrogens with zero attached hydrogens (tertiary/aromatic N) is 2. The number of halogens is 1. The van der Waals surface area contributed by atoms with Crippen molar-refractivity contribution in [2.24, 2.45) is 0 Å². The lowest BCUT2D eigenvalue weighted by Crippen LogP contribution is -2.47. The Labute approximate surface area is 200 Å². The highest BCUT2D eigenvalue weighted by Gasteiger charge is 2.32. The van der Waals surface area contributed by atoms with Gasteiger partial charge in [0.2, 0.25) is 26.0 Å². The molecule has 0 bridgehead atoms. The molecule has 1 N–H and O–H groups in total. The van der Waals surface area contributed by atoms with Gasteiger partial charge in [0.25, 0.3) is 0 Å². The molecule has 1 saturated heterocycles. The zero-order chi connectivity index (χ0) is 24.2. The number of hydrogen-bond acceptors (Lipinski definition) is 5. The molecular formula is C22H28ClN3O5S2. The van der Waals surface area contributed by atoms with E-state index in [9.17, 15) is 21.6 Å². The van der Waals surface area contributed by atoms with Crippen LogP contribution in [0.3, 0.4) is 0 Å². The van der Waals surface area contributed by atoms with Crippen molar-refractivity contribution in [3.8, 4) is 0 Å². The van der Waals surface area contributed by atoms with E-state index >= 15 is 0 Å². The molecule has 1 heterocycles. The summed E-state index contributed by atoms with van der Waals surface area (Å²) in [4.78, 5) is 13.2. The Bertz CT molecular complexity index is 1180. The number of anilines is 2. The highest BCUT2D eigenvalue weighted by Crippen LogP contribution is 2.26. The van der Waals surface area contributed by atoms with Crippen molar-refractivity contribution in [2.75, 3.05) is 29.0 Å². The van der Waals surface area contributed by atoms with Gasteiger partial charge in [-0.2, -0.15) is 4.31 Å². The summed E-state index contributed by atoms with van der Waals surface area (Å²) in [6.45, 7) is 2.72. The maximum absolute atomic E-state index is 13.0. The smallest absolute Gasteiger partial charge is 0.248 e. The van der Waals surface area contributed by atoms with Crippen molar-refractivity contribution in [1.82, 2.24) is 4.31 Å². The van der Waals surface area contributed by atoms with Crippen LogP contribution in [0, 0.1) is 0 Å². The number of piperidine rings is 1. The van der Waals surface area contributed by atoms with Crippen LogP contribution in [-0.2, 0) is 24.8 Å². The summed E-state index contributed by atoms with van der Waals surface area (Å²) in [5.41, 5.74) is 0.701. The van der Waals surface area contributed by atoms with E-state index in [0.717, 1.165) is 29.8 Å². The first-order chi connectivity index (χ1) is 15.5. The Balaban J connectivity index is 1.80. The first-order valence-corrected chi connectivity index (χ1v) is 14.4. The minimum atomic E-state index is -3.77. The number of sulfonamides is 2. The Morgan fingerprint density at radius 3 is 2.09 bits per heavy atom. The van der Waals surface area contributed by atoms with Gasteiger partial charge in [-0.15, -0.1) is 0 Å². The van der Waals surface area contributed by atoms with Gasteiger partial charge in [0.1, 0.15) is 6.04 Å². The summed E-state index contributed by atoms with van der Waals surface area (Å²) in [6.07, 6.45) is 3.98. The maximum Gasteiger partial charge on any atom is 0.248 e. The number of rotatable bonds is 8. The summed E-state index contributed by atoms with van der Waals surface area (Å²) in [5, 5.41) is 3.15. The Hall–Kier alpha value is -2.14. The molecule has 1 fully saturated rings. The van der Waals surface area contributed by atoms with Crippen LogP contribution in [0.4, 0.5) is 11.4 Å². The van der Waals surface area contributed by atoms with E-state index in [1.165, 1.54) is 28.6 Å². The largest absolute Gasteiger partial charge is 0.324 e. The second-order valence-corrected chi connectivity index (χ2v) is 12.2. The molecule has 8 nitrogen and oxygen atoms in total. The van der Waals surface area contributed by atoms with Gasteiger partial charge in [-0.3, -0.25) is 9.10 Å². The van der Waals surface area contributed by atoms with Gasteiger partial charge in [-0.1, -0.05) is 24.9 Å². The lowest BCUT2D eigenvalue weighted by molar-refractivity contribution is -0.117. The molecule has 1 atom stereocenters. The fourth-order valence-corrected chi connectivity index (χ4v) is 6.69. The average Bonchev–Trinajstić information content (AvgIpc) is 2.78. The van der Waals surface area contributed by atoms with Gasteiger partial charge in [0.15, 0.2) is 0 Å². The van der Waals surface area contributed by atoms with E-state index in [-0.39, 0.29) is 11.3 Å². The van der Waals surface area contributed by atoms with Crippen molar-refractivity contribution in [1.29, 1.82) is 0 Å². The van der Waals surface area contributed by atoms with Crippen LogP contribution in [0.2, 0.25) is 5.02 Å². The van der Waals surface area contributed by atoms with Crippen molar-refractivity contribution >= 4 is 48.9 Å². The molecule has 180 valence electrons. The lowest BCUT2D eigenvalue weighted by Gasteiger charge is -2.30. The molecular weight excluding hydrogens is 486 g/mol. The van der Waals surface area contributed by atoms with Crippen molar-refractivity contribution in [3.05, 3.63) is 53.6 Å². The number of hydrogen-bond donors (Lipinski definition) is 1. The molecule has 1 aliphatic heterocycles. The highest BCUT2D eigenvalue weighted by atomic mass is 35.5. The number of nitrogens with one attached hydrogen (secondary N) is 1. The number of benzene rings is 2. The summed E-state index contributed by atoms with van der Waals surface area (Å²) in [6, 6.07) is 11.1. The zero-order valence-electron chi connectivity index (χ0n) is 18.6. The second-order valence-electron chi connectivity index (χ2n) is 7.94. The van der Waals surface area contributed by atoms with Gasteiger partial charge in [0.05, 0.1) is 16.8 Å². The lowest BCUT2D eigenvalue weighted by atomic mass is 10.2. The van der Waals surface area contributed by atoms with Gasteiger partial charge in [-0.25, -0.2) is 16.8 Å². The number of amides is 1. The van der Waals surface area contributed by atoms with Crippen LogP contribution in [-0.4, -0.2) is 52.4 Å². The van der Waals surface area contributed by atoms with Crippen molar-refractivity contribution in [2.45, 2.75) is 43.5 Å². The minimum absolute atomic E-state index is 0.161. The van der Waals surface area contributed by atoms with Crippen LogP contribution in [0.1, 0.15) is 32.6 Å². The van der Waals surface area contributed by atoms with Crippen LogP contribution in [0.25, 0.3) is 0 Å². The maximum atomic E-state index is 13.0. The van der Waals surface area contributed by atoms with E-state index in [0.29, 0.717) is 29.5 Å². The topological polar surface area (TPSA) is 104 Å². The zero-order valence-corrected chi connectivity index (χ0v) is 21.0. The third-order valence-electron chi connectivity index (χ3n) is 5.49. The highest BCUT2D eigenvalue weighted by molar-refractivity contribution is 7.92.